The number of amides is 1. The van der Waals surface area contributed by atoms with Crippen LogP contribution in [0.15, 0.2) is 58.1 Å². The first-order chi connectivity index (χ1) is 15.4. The van der Waals surface area contributed by atoms with Gasteiger partial charge in [-0.15, -0.1) is 0 Å². The summed E-state index contributed by atoms with van der Waals surface area (Å²) in [4.78, 5) is 40.1. The number of methoxy groups -OCH3 is 2. The molecule has 0 unspecified atom stereocenters. The third kappa shape index (κ3) is 5.22. The summed E-state index contributed by atoms with van der Waals surface area (Å²) in [5, 5.41) is 5.46. The summed E-state index contributed by atoms with van der Waals surface area (Å²) in [5.74, 6) is -1.48. The topological polar surface area (TPSA) is 114 Å². The van der Waals surface area contributed by atoms with Gasteiger partial charge < -0.3 is 20.1 Å². The van der Waals surface area contributed by atoms with Crippen LogP contribution in [0.2, 0.25) is 0 Å². The molecule has 0 radical (unpaired) electrons. The Morgan fingerprint density at radius 2 is 1.88 bits per heavy atom. The molecule has 0 aliphatic rings. The van der Waals surface area contributed by atoms with Crippen molar-refractivity contribution in [3.63, 3.8) is 0 Å². The van der Waals surface area contributed by atoms with Crippen LogP contribution in [0.4, 0.5) is 15.9 Å². The molecule has 0 bridgehead atoms. The smallest absolute Gasteiger partial charge is 0.330 e. The summed E-state index contributed by atoms with van der Waals surface area (Å²) >= 11 is 0. The first kappa shape index (κ1) is 22.8. The number of ether oxygens (including phenoxy) is 2. The highest BCUT2D eigenvalue weighted by molar-refractivity contribution is 6.05. The predicted molar refractivity (Wildman–Crippen MR) is 118 cm³/mol. The molecule has 0 spiro atoms. The van der Waals surface area contributed by atoms with Gasteiger partial charge in [-0.2, -0.15) is 0 Å². The number of rotatable bonds is 9. The number of nitrogens with one attached hydrogen (secondary N) is 3. The van der Waals surface area contributed by atoms with Gasteiger partial charge in [-0.1, -0.05) is 30.3 Å². The monoisotopic (exact) mass is 442 g/mol. The van der Waals surface area contributed by atoms with Crippen LogP contribution in [0, 0.1) is 5.82 Å². The molecule has 0 aliphatic heterocycles. The number of aromatic nitrogens is 2. The van der Waals surface area contributed by atoms with Gasteiger partial charge in [-0.3, -0.25) is 19.1 Å². The van der Waals surface area contributed by atoms with Crippen molar-refractivity contribution in [3.8, 4) is 5.75 Å². The van der Waals surface area contributed by atoms with Gasteiger partial charge in [0.1, 0.15) is 23.1 Å². The van der Waals surface area contributed by atoms with E-state index in [1.165, 1.54) is 26.4 Å². The molecule has 1 amide bonds. The van der Waals surface area contributed by atoms with Crippen LogP contribution in [-0.4, -0.2) is 36.3 Å². The van der Waals surface area contributed by atoms with Gasteiger partial charge >= 0.3 is 5.69 Å². The van der Waals surface area contributed by atoms with Gasteiger partial charge in [0.25, 0.3) is 11.5 Å². The fourth-order valence-corrected chi connectivity index (χ4v) is 3.03. The maximum absolute atomic E-state index is 14.4. The molecule has 0 saturated heterocycles. The van der Waals surface area contributed by atoms with Gasteiger partial charge in [0.2, 0.25) is 0 Å². The van der Waals surface area contributed by atoms with Crippen molar-refractivity contribution < 1.29 is 18.7 Å². The van der Waals surface area contributed by atoms with E-state index in [0.717, 1.165) is 16.2 Å². The average Bonchev–Trinajstić information content (AvgIpc) is 2.78. The van der Waals surface area contributed by atoms with E-state index in [-0.39, 0.29) is 42.5 Å². The number of H-pyrrole nitrogens is 1. The lowest BCUT2D eigenvalue weighted by molar-refractivity contribution is 0.102. The molecule has 0 aliphatic carbocycles. The Hall–Kier alpha value is -3.92. The number of carbonyl (C=O) groups is 1. The third-order valence-electron chi connectivity index (χ3n) is 4.68. The Bertz CT molecular complexity index is 1210. The lowest BCUT2D eigenvalue weighted by atomic mass is 10.2. The van der Waals surface area contributed by atoms with Crippen molar-refractivity contribution in [1.82, 2.24) is 9.55 Å². The van der Waals surface area contributed by atoms with E-state index >= 15 is 0 Å². The Kier molecular flexibility index (Phi) is 7.40. The summed E-state index contributed by atoms with van der Waals surface area (Å²) in [6.07, 6.45) is 0. The predicted octanol–water partition coefficient (Wildman–Crippen LogP) is 2.20. The van der Waals surface area contributed by atoms with Crippen LogP contribution >= 0.6 is 0 Å². The number of carbonyl (C=O) groups excluding carboxylic acids is 1. The first-order valence-electron chi connectivity index (χ1n) is 9.73. The number of hydrogen-bond acceptors (Lipinski definition) is 6. The molecule has 2 aromatic carbocycles. The zero-order chi connectivity index (χ0) is 23.1. The van der Waals surface area contributed by atoms with E-state index in [0.29, 0.717) is 0 Å². The minimum Gasteiger partial charge on any atom is -0.497 e. The van der Waals surface area contributed by atoms with Crippen LogP contribution in [-0.2, 0) is 17.8 Å². The van der Waals surface area contributed by atoms with E-state index in [2.05, 4.69) is 15.6 Å². The molecular formula is C22H23FN4O5. The summed E-state index contributed by atoms with van der Waals surface area (Å²) in [7, 11) is 2.83. The molecule has 1 aromatic heterocycles. The maximum atomic E-state index is 14.4. The van der Waals surface area contributed by atoms with Crippen LogP contribution in [0.1, 0.15) is 15.9 Å². The standard InChI is InChI=1S/C22H23FN4O5/c1-31-11-10-27-19(25-20(28)16-9-8-15(32-2)12-17(16)23)18(21(29)26-22(27)30)24-13-14-6-4-3-5-7-14/h3-9,12,24H,10-11,13H2,1-2H3,(H,25,28)(H,26,29,30). The van der Waals surface area contributed by atoms with Crippen molar-refractivity contribution in [2.45, 2.75) is 13.1 Å². The quantitative estimate of drug-likeness (QED) is 0.468. The van der Waals surface area contributed by atoms with Gasteiger partial charge in [-0.05, 0) is 17.7 Å². The molecule has 0 atom stereocenters. The average molecular weight is 442 g/mol. The van der Waals surface area contributed by atoms with Crippen LogP contribution in [0.5, 0.6) is 5.75 Å². The van der Waals surface area contributed by atoms with Crippen molar-refractivity contribution in [1.29, 1.82) is 0 Å². The largest absolute Gasteiger partial charge is 0.497 e. The lowest BCUT2D eigenvalue weighted by Crippen LogP contribution is -2.36. The zero-order valence-corrected chi connectivity index (χ0v) is 17.6. The van der Waals surface area contributed by atoms with E-state index in [1.807, 2.05) is 30.3 Å². The second-order valence-corrected chi connectivity index (χ2v) is 6.77. The van der Waals surface area contributed by atoms with Crippen molar-refractivity contribution in [3.05, 3.63) is 86.3 Å². The number of nitrogens with zero attached hydrogens (tertiary/aromatic N) is 1. The van der Waals surface area contributed by atoms with Crippen molar-refractivity contribution >= 4 is 17.4 Å². The molecule has 3 rings (SSSR count). The van der Waals surface area contributed by atoms with E-state index in [4.69, 9.17) is 9.47 Å². The van der Waals surface area contributed by atoms with Crippen LogP contribution in [0.25, 0.3) is 0 Å². The Morgan fingerprint density at radius 1 is 1.12 bits per heavy atom. The third-order valence-corrected chi connectivity index (χ3v) is 4.68. The van der Waals surface area contributed by atoms with Gasteiger partial charge in [0.05, 0.1) is 25.8 Å². The summed E-state index contributed by atoms with van der Waals surface area (Å²) < 4.78 is 25.5. The second kappa shape index (κ2) is 10.4. The molecule has 10 heteroatoms. The Morgan fingerprint density at radius 3 is 2.53 bits per heavy atom. The minimum atomic E-state index is -0.830. The number of anilines is 2. The Labute approximate surface area is 182 Å². The highest BCUT2D eigenvalue weighted by atomic mass is 19.1. The maximum Gasteiger partial charge on any atom is 0.330 e. The van der Waals surface area contributed by atoms with Gasteiger partial charge in [-0.25, -0.2) is 9.18 Å². The summed E-state index contributed by atoms with van der Waals surface area (Å²) in [6, 6.07) is 13.0. The van der Waals surface area contributed by atoms with E-state index < -0.39 is 23.0 Å². The highest BCUT2D eigenvalue weighted by Gasteiger charge is 2.20. The molecule has 3 N–H and O–H groups in total. The van der Waals surface area contributed by atoms with E-state index in [9.17, 15) is 18.8 Å². The molecule has 32 heavy (non-hydrogen) atoms. The number of halogens is 1. The van der Waals surface area contributed by atoms with Gasteiger partial charge in [0.15, 0.2) is 0 Å². The van der Waals surface area contributed by atoms with Crippen LogP contribution < -0.4 is 26.6 Å². The van der Waals surface area contributed by atoms with Crippen molar-refractivity contribution in [2.24, 2.45) is 0 Å². The van der Waals surface area contributed by atoms with Crippen LogP contribution in [0.3, 0.4) is 0 Å². The molecular weight excluding hydrogens is 419 g/mol. The highest BCUT2D eigenvalue weighted by Crippen LogP contribution is 2.21. The fraction of sp³-hybridized carbons (Fsp3) is 0.227. The number of aromatic amines is 1. The van der Waals surface area contributed by atoms with Crippen molar-refractivity contribution in [2.75, 3.05) is 31.5 Å². The summed E-state index contributed by atoms with van der Waals surface area (Å²) in [6.45, 7) is 0.447. The lowest BCUT2D eigenvalue weighted by Gasteiger charge is -2.18. The molecule has 0 fully saturated rings. The normalized spacial score (nSPS) is 10.6. The molecule has 168 valence electrons. The molecule has 9 nitrogen and oxygen atoms in total. The second-order valence-electron chi connectivity index (χ2n) is 6.77. The number of hydrogen-bond donors (Lipinski definition) is 3. The van der Waals surface area contributed by atoms with Gasteiger partial charge in [0, 0.05) is 19.7 Å². The molecule has 3 aromatic rings. The fourth-order valence-electron chi connectivity index (χ4n) is 3.03. The molecule has 0 saturated carbocycles. The Balaban J connectivity index is 2.01. The minimum absolute atomic E-state index is 0.0353. The number of benzene rings is 2. The SMILES string of the molecule is COCCn1c(NC(=O)c2ccc(OC)cc2F)c(NCc2ccccc2)c(=O)[nH]c1=O. The zero-order valence-electron chi connectivity index (χ0n) is 17.6. The van der Waals surface area contributed by atoms with E-state index in [1.54, 1.807) is 0 Å². The summed E-state index contributed by atoms with van der Waals surface area (Å²) in [5.41, 5.74) is -0.884. The first-order valence-corrected chi connectivity index (χ1v) is 9.73. The molecule has 1 heterocycles.